The fourth-order valence-electron chi connectivity index (χ4n) is 4.40. The van der Waals surface area contributed by atoms with Gasteiger partial charge in [-0.25, -0.2) is 4.79 Å². The van der Waals surface area contributed by atoms with Crippen LogP contribution >= 0.6 is 35.0 Å². The molecular weight excluding hydrogens is 523 g/mol. The molecule has 2 aromatic carbocycles. The summed E-state index contributed by atoms with van der Waals surface area (Å²) in [6.07, 6.45) is 2.88. The number of urea groups is 1. The van der Waals surface area contributed by atoms with Gasteiger partial charge in [-0.1, -0.05) is 47.8 Å². The molecule has 5 rings (SSSR count). The van der Waals surface area contributed by atoms with Crippen molar-refractivity contribution < 1.29 is 19.5 Å². The number of benzodiazepines with no additional fused rings is 1. The van der Waals surface area contributed by atoms with Crippen LogP contribution in [0.25, 0.3) is 0 Å². The van der Waals surface area contributed by atoms with E-state index in [1.54, 1.807) is 24.3 Å². The summed E-state index contributed by atoms with van der Waals surface area (Å²) in [6.45, 7) is 0.0624. The number of fused-ring (bicyclic) bond motifs is 2. The Bertz CT molecular complexity index is 1190. The first kappa shape index (κ1) is 26.3. The molecule has 0 saturated carbocycles. The second-order valence-electron chi connectivity index (χ2n) is 8.64. The molecule has 11 heteroatoms. The lowest BCUT2D eigenvalue weighted by Gasteiger charge is -2.16. The number of thioether (sulfide) groups is 1. The highest BCUT2D eigenvalue weighted by Gasteiger charge is 2.42. The number of anilines is 1. The summed E-state index contributed by atoms with van der Waals surface area (Å²) >= 11 is 14.2. The molecular formula is C25H26Cl2N4O4S. The van der Waals surface area contributed by atoms with Gasteiger partial charge >= 0.3 is 12.0 Å². The third-order valence-corrected chi connectivity index (χ3v) is 8.16. The fraction of sp³-hybridized carbons (Fsp3) is 0.360. The van der Waals surface area contributed by atoms with Crippen LogP contribution in [0.1, 0.15) is 36.8 Å². The van der Waals surface area contributed by atoms with Gasteiger partial charge in [-0.3, -0.25) is 14.6 Å². The Morgan fingerprint density at radius 2 is 1.89 bits per heavy atom. The first-order valence-electron chi connectivity index (χ1n) is 11.6. The summed E-state index contributed by atoms with van der Waals surface area (Å²) < 4.78 is 0. The van der Waals surface area contributed by atoms with Crippen molar-refractivity contribution >= 4 is 64.3 Å². The Morgan fingerprint density at radius 3 is 2.67 bits per heavy atom. The van der Waals surface area contributed by atoms with E-state index in [2.05, 4.69) is 20.9 Å². The number of nitrogens with one attached hydrogen (secondary N) is 3. The van der Waals surface area contributed by atoms with Gasteiger partial charge in [-0.15, -0.1) is 0 Å². The number of hydrogen-bond acceptors (Lipinski definition) is 5. The predicted molar refractivity (Wildman–Crippen MR) is 144 cm³/mol. The minimum absolute atomic E-state index is 0.0624. The van der Waals surface area contributed by atoms with Crippen LogP contribution < -0.4 is 16.0 Å². The van der Waals surface area contributed by atoms with Crippen LogP contribution in [0.5, 0.6) is 0 Å². The van der Waals surface area contributed by atoms with E-state index in [1.165, 1.54) is 0 Å². The number of amides is 3. The molecule has 0 unspecified atom stereocenters. The van der Waals surface area contributed by atoms with Crippen LogP contribution in [0.2, 0.25) is 10.0 Å². The largest absolute Gasteiger partial charge is 0.481 e. The normalized spacial score (nSPS) is 22.1. The molecule has 3 aliphatic heterocycles. The second kappa shape index (κ2) is 12.0. The van der Waals surface area contributed by atoms with Crippen molar-refractivity contribution in [2.45, 2.75) is 43.0 Å². The lowest BCUT2D eigenvalue weighted by Crippen LogP contribution is -2.36. The number of nitrogens with zero attached hydrogens (tertiary/aromatic N) is 1. The zero-order chi connectivity index (χ0) is 25.7. The quantitative estimate of drug-likeness (QED) is 0.311. The number of unbranched alkanes of at least 4 members (excludes halogenated alkanes) is 1. The Morgan fingerprint density at radius 1 is 1.08 bits per heavy atom. The number of carboxylic acid groups (broad SMARTS) is 1. The van der Waals surface area contributed by atoms with Crippen LogP contribution in [0.4, 0.5) is 10.5 Å². The van der Waals surface area contributed by atoms with Crippen LogP contribution in [0.15, 0.2) is 47.5 Å². The average Bonchev–Trinajstić information content (AvgIpc) is 3.33. The maximum Gasteiger partial charge on any atom is 0.315 e. The predicted octanol–water partition coefficient (Wildman–Crippen LogP) is 4.58. The van der Waals surface area contributed by atoms with E-state index in [9.17, 15) is 14.4 Å². The third kappa shape index (κ3) is 6.52. The first-order chi connectivity index (χ1) is 17.3. The van der Waals surface area contributed by atoms with Gasteiger partial charge in [0.1, 0.15) is 6.54 Å². The molecule has 3 atom stereocenters. The van der Waals surface area contributed by atoms with Crippen molar-refractivity contribution in [1.29, 1.82) is 0 Å². The number of halogens is 2. The maximum atomic E-state index is 11.7. The molecule has 0 radical (unpaired) electrons. The van der Waals surface area contributed by atoms with Crippen molar-refractivity contribution in [2.24, 2.45) is 4.99 Å². The van der Waals surface area contributed by atoms with E-state index in [0.717, 1.165) is 36.1 Å². The second-order valence-corrected chi connectivity index (χ2v) is 10.8. The first-order valence-corrected chi connectivity index (χ1v) is 13.4. The summed E-state index contributed by atoms with van der Waals surface area (Å²) in [6, 6.07) is 13.1. The average molecular weight is 549 g/mol. The van der Waals surface area contributed by atoms with E-state index in [1.807, 2.05) is 30.0 Å². The van der Waals surface area contributed by atoms with E-state index in [-0.39, 0.29) is 37.0 Å². The molecule has 2 fully saturated rings. The molecule has 3 aliphatic rings. The molecule has 0 aromatic heterocycles. The van der Waals surface area contributed by atoms with Crippen molar-refractivity contribution in [3.63, 3.8) is 0 Å². The number of rotatable bonds is 6. The topological polar surface area (TPSA) is 120 Å². The standard InChI is InChI=1S/C15H10Cl2N2O.C10H16N2O3S/c16-9-5-6-13-11(7-9)15(18-8-14(20)19-13)10-3-1-2-4-12(10)17;13-8(14)4-2-1-3-7-9-6(5-16-7)11-10(15)12-9/h1-7H,8H2,(H,19,20);6-7,9H,1-5H2,(H,13,14)(H2,11,12,15)/t;6-,7-,9-/m.0/s1. The van der Waals surface area contributed by atoms with Gasteiger partial charge < -0.3 is 21.1 Å². The van der Waals surface area contributed by atoms with Crippen LogP contribution in [-0.2, 0) is 9.59 Å². The summed E-state index contributed by atoms with van der Waals surface area (Å²) in [5, 5.41) is 18.8. The Kier molecular flexibility index (Phi) is 8.77. The molecule has 0 aliphatic carbocycles. The summed E-state index contributed by atoms with van der Waals surface area (Å²) in [5.74, 6) is 0.0796. The number of hydrogen-bond donors (Lipinski definition) is 4. The van der Waals surface area contributed by atoms with E-state index >= 15 is 0 Å². The molecule has 0 spiro atoms. The SMILES string of the molecule is O=C(O)CCCC[C@@H]1SC[C@@H]2NC(=O)N[C@@H]21.O=C1CN=C(c2ccccc2Cl)c2cc(Cl)ccc2N1. The smallest absolute Gasteiger partial charge is 0.315 e. The van der Waals surface area contributed by atoms with Gasteiger partial charge in [-0.2, -0.15) is 11.8 Å². The molecule has 3 amide bonds. The minimum Gasteiger partial charge on any atom is -0.481 e. The highest BCUT2D eigenvalue weighted by atomic mass is 35.5. The number of aliphatic carboxylic acids is 1. The van der Waals surface area contributed by atoms with Gasteiger partial charge in [-0.05, 0) is 37.1 Å². The van der Waals surface area contributed by atoms with Crippen molar-refractivity contribution in [3.8, 4) is 0 Å². The van der Waals surface area contributed by atoms with Gasteiger partial charge in [0.2, 0.25) is 5.91 Å². The Balaban J connectivity index is 0.000000174. The number of carboxylic acids is 1. The lowest BCUT2D eigenvalue weighted by molar-refractivity contribution is -0.137. The van der Waals surface area contributed by atoms with Crippen molar-refractivity contribution in [1.82, 2.24) is 10.6 Å². The third-order valence-electron chi connectivity index (χ3n) is 6.09. The molecule has 36 heavy (non-hydrogen) atoms. The lowest BCUT2D eigenvalue weighted by atomic mass is 10.0. The molecule has 190 valence electrons. The number of carbonyl (C=O) groups excluding carboxylic acids is 2. The van der Waals surface area contributed by atoms with E-state index < -0.39 is 5.97 Å². The van der Waals surface area contributed by atoms with E-state index in [4.69, 9.17) is 28.3 Å². The van der Waals surface area contributed by atoms with Gasteiger partial charge in [0, 0.05) is 38.6 Å². The number of benzene rings is 2. The molecule has 4 N–H and O–H groups in total. The van der Waals surface area contributed by atoms with Crippen LogP contribution in [0, 0.1) is 0 Å². The Hall–Kier alpha value is -2.75. The summed E-state index contributed by atoms with van der Waals surface area (Å²) in [4.78, 5) is 37.5. The van der Waals surface area contributed by atoms with E-state index in [0.29, 0.717) is 26.7 Å². The number of carbonyl (C=O) groups is 3. The Labute approximate surface area is 223 Å². The summed E-state index contributed by atoms with van der Waals surface area (Å²) in [7, 11) is 0. The molecule has 8 nitrogen and oxygen atoms in total. The zero-order valence-corrected chi connectivity index (χ0v) is 21.6. The highest BCUT2D eigenvalue weighted by Crippen LogP contribution is 2.33. The van der Waals surface area contributed by atoms with Gasteiger partial charge in [0.05, 0.1) is 23.5 Å². The van der Waals surface area contributed by atoms with Gasteiger partial charge in [0.25, 0.3) is 0 Å². The molecule has 2 aromatic rings. The number of aliphatic imine (C=N–C) groups is 1. The van der Waals surface area contributed by atoms with Crippen LogP contribution in [0.3, 0.4) is 0 Å². The van der Waals surface area contributed by atoms with Crippen LogP contribution in [-0.4, -0.2) is 58.4 Å². The van der Waals surface area contributed by atoms with Crippen molar-refractivity contribution in [3.05, 3.63) is 63.6 Å². The zero-order valence-electron chi connectivity index (χ0n) is 19.3. The maximum absolute atomic E-state index is 11.7. The molecule has 2 saturated heterocycles. The highest BCUT2D eigenvalue weighted by molar-refractivity contribution is 8.00. The van der Waals surface area contributed by atoms with Crippen molar-refractivity contribution in [2.75, 3.05) is 17.6 Å². The fourth-order valence-corrected chi connectivity index (χ4v) is 6.34. The molecule has 3 heterocycles. The monoisotopic (exact) mass is 548 g/mol. The van der Waals surface area contributed by atoms with Gasteiger partial charge in [0.15, 0.2) is 0 Å². The minimum atomic E-state index is -0.729. The summed E-state index contributed by atoms with van der Waals surface area (Å²) in [5.41, 5.74) is 2.92. The molecule has 0 bridgehead atoms.